The van der Waals surface area contributed by atoms with Crippen molar-refractivity contribution in [2.45, 2.75) is 39.8 Å². The average Bonchev–Trinajstić information content (AvgIpc) is 2.73. The summed E-state index contributed by atoms with van der Waals surface area (Å²) >= 11 is 0. The Bertz CT molecular complexity index is 373. The molecule has 0 radical (unpaired) electrons. The number of ether oxygens (including phenoxy) is 1. The number of hydrogen-bond acceptors (Lipinski definition) is 4. The zero-order valence-corrected chi connectivity index (χ0v) is 10.7. The molecule has 3 N–H and O–H groups in total. The Hall–Kier alpha value is -1.56. The van der Waals surface area contributed by atoms with Gasteiger partial charge in [-0.1, -0.05) is 13.8 Å². The second-order valence-electron chi connectivity index (χ2n) is 4.54. The standard InChI is InChI=1S/C11H20N4O2/c1-7(2)10(11(16)14-12)17-9-5-13-15(6-9)8(3)4/h5-8,10H,12H2,1-4H3,(H,14,16). The second-order valence-corrected chi connectivity index (χ2v) is 4.54. The van der Waals surface area contributed by atoms with E-state index < -0.39 is 6.10 Å². The average molecular weight is 240 g/mol. The lowest BCUT2D eigenvalue weighted by Gasteiger charge is -2.19. The molecule has 96 valence electrons. The molecule has 0 spiro atoms. The van der Waals surface area contributed by atoms with Gasteiger partial charge in [0.15, 0.2) is 11.9 Å². The first-order valence-electron chi connectivity index (χ1n) is 5.67. The van der Waals surface area contributed by atoms with Gasteiger partial charge in [0.05, 0.1) is 12.4 Å². The number of hydrazine groups is 1. The molecule has 1 rings (SSSR count). The van der Waals surface area contributed by atoms with Crippen molar-refractivity contribution in [3.05, 3.63) is 12.4 Å². The third kappa shape index (κ3) is 3.45. The smallest absolute Gasteiger partial charge is 0.275 e. The summed E-state index contributed by atoms with van der Waals surface area (Å²) < 4.78 is 7.35. The highest BCUT2D eigenvalue weighted by atomic mass is 16.5. The quantitative estimate of drug-likeness (QED) is 0.454. The normalized spacial score (nSPS) is 12.9. The Kier molecular flexibility index (Phi) is 4.51. The fourth-order valence-corrected chi connectivity index (χ4v) is 1.38. The number of amides is 1. The van der Waals surface area contributed by atoms with Crippen LogP contribution in [0, 0.1) is 5.92 Å². The van der Waals surface area contributed by atoms with Crippen molar-refractivity contribution >= 4 is 5.91 Å². The zero-order chi connectivity index (χ0) is 13.0. The van der Waals surface area contributed by atoms with E-state index in [-0.39, 0.29) is 17.9 Å². The van der Waals surface area contributed by atoms with Gasteiger partial charge in [0, 0.05) is 6.04 Å². The van der Waals surface area contributed by atoms with Gasteiger partial charge < -0.3 is 4.74 Å². The van der Waals surface area contributed by atoms with Crippen molar-refractivity contribution in [3.8, 4) is 5.75 Å². The lowest BCUT2D eigenvalue weighted by atomic mass is 10.1. The van der Waals surface area contributed by atoms with Crippen molar-refractivity contribution in [2.75, 3.05) is 0 Å². The highest BCUT2D eigenvalue weighted by Gasteiger charge is 2.24. The van der Waals surface area contributed by atoms with Gasteiger partial charge in [0.2, 0.25) is 0 Å². The lowest BCUT2D eigenvalue weighted by molar-refractivity contribution is -0.129. The molecular formula is C11H20N4O2. The van der Waals surface area contributed by atoms with Crippen LogP contribution in [0.2, 0.25) is 0 Å². The lowest BCUT2D eigenvalue weighted by Crippen LogP contribution is -2.44. The van der Waals surface area contributed by atoms with Crippen LogP contribution in [-0.2, 0) is 4.79 Å². The van der Waals surface area contributed by atoms with Crippen LogP contribution in [0.3, 0.4) is 0 Å². The molecule has 0 aliphatic heterocycles. The molecule has 1 aromatic rings. The largest absolute Gasteiger partial charge is 0.477 e. The van der Waals surface area contributed by atoms with E-state index in [9.17, 15) is 4.79 Å². The Morgan fingerprint density at radius 3 is 2.53 bits per heavy atom. The monoisotopic (exact) mass is 240 g/mol. The second kappa shape index (κ2) is 5.67. The van der Waals surface area contributed by atoms with Gasteiger partial charge in [-0.2, -0.15) is 5.10 Å². The molecule has 1 unspecified atom stereocenters. The van der Waals surface area contributed by atoms with Crippen molar-refractivity contribution in [3.63, 3.8) is 0 Å². The molecule has 0 saturated heterocycles. The summed E-state index contributed by atoms with van der Waals surface area (Å²) in [5.74, 6) is 5.38. The maximum Gasteiger partial charge on any atom is 0.275 e. The number of nitrogens with two attached hydrogens (primary N) is 1. The summed E-state index contributed by atoms with van der Waals surface area (Å²) in [4.78, 5) is 11.5. The molecule has 1 heterocycles. The van der Waals surface area contributed by atoms with E-state index in [1.807, 2.05) is 27.7 Å². The minimum Gasteiger partial charge on any atom is -0.477 e. The summed E-state index contributed by atoms with van der Waals surface area (Å²) in [5, 5.41) is 4.14. The van der Waals surface area contributed by atoms with E-state index >= 15 is 0 Å². The summed E-state index contributed by atoms with van der Waals surface area (Å²) in [6, 6.07) is 0.258. The van der Waals surface area contributed by atoms with Crippen LogP contribution in [0.4, 0.5) is 0 Å². The molecule has 0 saturated carbocycles. The molecule has 17 heavy (non-hydrogen) atoms. The number of nitrogens with one attached hydrogen (secondary N) is 1. The van der Waals surface area contributed by atoms with Crippen LogP contribution in [0.5, 0.6) is 5.75 Å². The van der Waals surface area contributed by atoms with Gasteiger partial charge in [0.1, 0.15) is 0 Å². The maximum atomic E-state index is 11.5. The fraction of sp³-hybridized carbons (Fsp3) is 0.636. The van der Waals surface area contributed by atoms with Gasteiger partial charge in [-0.05, 0) is 19.8 Å². The highest BCUT2D eigenvalue weighted by Crippen LogP contribution is 2.17. The summed E-state index contributed by atoms with van der Waals surface area (Å²) in [7, 11) is 0. The van der Waals surface area contributed by atoms with E-state index in [1.165, 1.54) is 0 Å². The zero-order valence-electron chi connectivity index (χ0n) is 10.7. The van der Waals surface area contributed by atoms with Crippen LogP contribution in [-0.4, -0.2) is 21.8 Å². The topological polar surface area (TPSA) is 82.2 Å². The molecule has 6 nitrogen and oxygen atoms in total. The molecular weight excluding hydrogens is 220 g/mol. The van der Waals surface area contributed by atoms with E-state index in [4.69, 9.17) is 10.6 Å². The van der Waals surface area contributed by atoms with E-state index in [2.05, 4.69) is 10.5 Å². The first kappa shape index (κ1) is 13.5. The van der Waals surface area contributed by atoms with Crippen molar-refractivity contribution in [1.29, 1.82) is 0 Å². The molecule has 0 bridgehead atoms. The predicted octanol–water partition coefficient (Wildman–Crippen LogP) is 0.857. The van der Waals surface area contributed by atoms with Crippen molar-refractivity contribution in [1.82, 2.24) is 15.2 Å². The number of aromatic nitrogens is 2. The minimum absolute atomic E-state index is 0.0287. The van der Waals surface area contributed by atoms with Crippen molar-refractivity contribution in [2.24, 2.45) is 11.8 Å². The van der Waals surface area contributed by atoms with Gasteiger partial charge in [-0.3, -0.25) is 14.9 Å². The first-order valence-corrected chi connectivity index (χ1v) is 5.67. The molecule has 0 aliphatic rings. The SMILES string of the molecule is CC(C)C(Oc1cnn(C(C)C)c1)C(=O)NN. The third-order valence-corrected chi connectivity index (χ3v) is 2.38. The van der Waals surface area contributed by atoms with Crippen LogP contribution < -0.4 is 16.0 Å². The van der Waals surface area contributed by atoms with Crippen molar-refractivity contribution < 1.29 is 9.53 Å². The molecule has 6 heteroatoms. The predicted molar refractivity (Wildman–Crippen MR) is 64.2 cm³/mol. The minimum atomic E-state index is -0.607. The molecule has 0 aromatic carbocycles. The summed E-state index contributed by atoms with van der Waals surface area (Å²) in [6.07, 6.45) is 2.76. The first-order chi connectivity index (χ1) is 7.95. The van der Waals surface area contributed by atoms with Gasteiger partial charge in [-0.25, -0.2) is 5.84 Å². The summed E-state index contributed by atoms with van der Waals surface area (Å²) in [6.45, 7) is 7.83. The fourth-order valence-electron chi connectivity index (χ4n) is 1.38. The highest BCUT2D eigenvalue weighted by molar-refractivity contribution is 5.80. The third-order valence-electron chi connectivity index (χ3n) is 2.38. The Balaban J connectivity index is 2.75. The van der Waals surface area contributed by atoms with E-state index in [0.29, 0.717) is 5.75 Å². The van der Waals surface area contributed by atoms with E-state index in [1.54, 1.807) is 17.1 Å². The number of hydrogen-bond donors (Lipinski definition) is 2. The van der Waals surface area contributed by atoms with Gasteiger partial charge in [0.25, 0.3) is 5.91 Å². The van der Waals surface area contributed by atoms with E-state index in [0.717, 1.165) is 0 Å². The molecule has 1 atom stereocenters. The number of carbonyl (C=O) groups is 1. The van der Waals surface area contributed by atoms with Crippen LogP contribution >= 0.6 is 0 Å². The number of nitrogens with zero attached hydrogens (tertiary/aromatic N) is 2. The Labute approximate surface area is 101 Å². The van der Waals surface area contributed by atoms with Crippen LogP contribution in [0.25, 0.3) is 0 Å². The molecule has 1 aromatic heterocycles. The number of carbonyl (C=O) groups excluding carboxylic acids is 1. The van der Waals surface area contributed by atoms with Crippen LogP contribution in [0.15, 0.2) is 12.4 Å². The van der Waals surface area contributed by atoms with Gasteiger partial charge in [-0.15, -0.1) is 0 Å². The Morgan fingerprint density at radius 2 is 2.12 bits per heavy atom. The maximum absolute atomic E-state index is 11.5. The van der Waals surface area contributed by atoms with Gasteiger partial charge >= 0.3 is 0 Å². The molecule has 0 fully saturated rings. The number of rotatable bonds is 5. The van der Waals surface area contributed by atoms with Crippen LogP contribution in [0.1, 0.15) is 33.7 Å². The molecule has 1 amide bonds. The molecule has 0 aliphatic carbocycles. The summed E-state index contributed by atoms with van der Waals surface area (Å²) in [5.41, 5.74) is 2.11. The Morgan fingerprint density at radius 1 is 1.47 bits per heavy atom.